The lowest BCUT2D eigenvalue weighted by Gasteiger charge is -2.10. The van der Waals surface area contributed by atoms with Gasteiger partial charge in [0.2, 0.25) is 5.82 Å². The first-order valence-electron chi connectivity index (χ1n) is 6.43. The van der Waals surface area contributed by atoms with E-state index in [1.165, 1.54) is 6.20 Å². The molecule has 0 amide bonds. The van der Waals surface area contributed by atoms with Crippen LogP contribution in [-0.2, 0) is 4.74 Å². The Morgan fingerprint density at radius 1 is 1.22 bits per heavy atom. The van der Waals surface area contributed by atoms with Crippen molar-refractivity contribution in [2.75, 3.05) is 12.8 Å². The number of nitrogens with two attached hydrogens (primary N) is 1. The van der Waals surface area contributed by atoms with Crippen molar-refractivity contribution >= 4 is 17.2 Å². The second kappa shape index (κ2) is 5.31. The largest absolute Gasteiger partial charge is 0.463 e. The normalized spacial score (nSPS) is 11.0. The molecule has 0 aliphatic heterocycles. The zero-order chi connectivity index (χ0) is 16.7. The Labute approximate surface area is 128 Å². The highest BCUT2D eigenvalue weighted by atomic mass is 19.1. The molecule has 0 atom stereocenters. The average Bonchev–Trinajstić information content (AvgIpc) is 2.97. The van der Waals surface area contributed by atoms with Crippen molar-refractivity contribution in [3.8, 4) is 11.1 Å². The number of halogens is 3. The van der Waals surface area contributed by atoms with Gasteiger partial charge in [-0.1, -0.05) is 0 Å². The third-order valence-corrected chi connectivity index (χ3v) is 3.41. The summed E-state index contributed by atoms with van der Waals surface area (Å²) in [5.41, 5.74) is 4.08. The summed E-state index contributed by atoms with van der Waals surface area (Å²) in [7, 11) is 1.16. The van der Waals surface area contributed by atoms with Crippen LogP contribution in [0.4, 0.5) is 18.9 Å². The van der Waals surface area contributed by atoms with Crippen molar-refractivity contribution in [3.63, 3.8) is 0 Å². The number of nitrogen functional groups attached to an aromatic ring is 1. The van der Waals surface area contributed by atoms with Gasteiger partial charge in [0.05, 0.1) is 24.6 Å². The standard InChI is InChI=1S/C15H10F3N3O2/c1-23-15(22)14-20-6-10-12(17)7(4-5-21(10)14)11-8(16)2-3-9(19)13(11)18/h2-6H,19H2,1H3. The summed E-state index contributed by atoms with van der Waals surface area (Å²) in [6.45, 7) is 0. The van der Waals surface area contributed by atoms with Gasteiger partial charge in [-0.15, -0.1) is 0 Å². The van der Waals surface area contributed by atoms with Crippen LogP contribution in [0.5, 0.6) is 0 Å². The van der Waals surface area contributed by atoms with E-state index in [-0.39, 0.29) is 22.6 Å². The number of carbonyl (C=O) groups excluding carboxylic acids is 1. The van der Waals surface area contributed by atoms with Crippen molar-refractivity contribution < 1.29 is 22.7 Å². The molecule has 0 aliphatic carbocycles. The fourth-order valence-corrected chi connectivity index (χ4v) is 2.29. The van der Waals surface area contributed by atoms with Crippen LogP contribution in [0.2, 0.25) is 0 Å². The number of benzene rings is 1. The molecule has 2 heterocycles. The molecule has 0 radical (unpaired) electrons. The van der Waals surface area contributed by atoms with Crippen LogP contribution >= 0.6 is 0 Å². The average molecular weight is 321 g/mol. The predicted octanol–water partition coefficient (Wildman–Crippen LogP) is 2.79. The van der Waals surface area contributed by atoms with Crippen LogP contribution in [0.25, 0.3) is 16.6 Å². The number of anilines is 1. The number of pyridine rings is 1. The Kier molecular flexibility index (Phi) is 3.44. The summed E-state index contributed by atoms with van der Waals surface area (Å²) in [6, 6.07) is 3.14. The smallest absolute Gasteiger partial charge is 0.374 e. The van der Waals surface area contributed by atoms with Gasteiger partial charge >= 0.3 is 5.97 Å². The third kappa shape index (κ3) is 2.19. The van der Waals surface area contributed by atoms with E-state index >= 15 is 0 Å². The van der Waals surface area contributed by atoms with E-state index in [2.05, 4.69) is 9.72 Å². The Morgan fingerprint density at radius 2 is 1.96 bits per heavy atom. The molecule has 1 aromatic carbocycles. The number of hydrogen-bond donors (Lipinski definition) is 1. The fraction of sp³-hybridized carbons (Fsp3) is 0.0667. The zero-order valence-electron chi connectivity index (χ0n) is 11.8. The molecule has 0 spiro atoms. The van der Waals surface area contributed by atoms with Crippen LogP contribution in [0.1, 0.15) is 10.6 Å². The zero-order valence-corrected chi connectivity index (χ0v) is 11.8. The lowest BCUT2D eigenvalue weighted by molar-refractivity contribution is 0.0586. The number of fused-ring (bicyclic) bond motifs is 1. The lowest BCUT2D eigenvalue weighted by Crippen LogP contribution is -2.07. The minimum Gasteiger partial charge on any atom is -0.463 e. The van der Waals surface area contributed by atoms with Crippen LogP contribution in [-0.4, -0.2) is 22.5 Å². The summed E-state index contributed by atoms with van der Waals surface area (Å²) in [4.78, 5) is 15.3. The minimum atomic E-state index is -1.05. The van der Waals surface area contributed by atoms with Crippen molar-refractivity contribution in [1.29, 1.82) is 0 Å². The van der Waals surface area contributed by atoms with E-state index in [0.717, 1.165) is 35.9 Å². The molecule has 118 valence electrons. The number of methoxy groups -OCH3 is 1. The molecule has 0 saturated heterocycles. The van der Waals surface area contributed by atoms with Crippen molar-refractivity contribution in [1.82, 2.24) is 9.38 Å². The maximum atomic E-state index is 14.6. The SMILES string of the molecule is COC(=O)c1ncc2c(F)c(-c3c(F)ccc(N)c3F)ccn12. The first-order chi connectivity index (χ1) is 11.0. The number of ether oxygens (including phenoxy) is 1. The summed E-state index contributed by atoms with van der Waals surface area (Å²) in [5.74, 6) is -3.85. The highest BCUT2D eigenvalue weighted by Crippen LogP contribution is 2.32. The van der Waals surface area contributed by atoms with Gasteiger partial charge in [0.1, 0.15) is 11.3 Å². The second-order valence-corrected chi connectivity index (χ2v) is 4.70. The van der Waals surface area contributed by atoms with E-state index in [9.17, 15) is 18.0 Å². The molecule has 3 aromatic rings. The maximum Gasteiger partial charge on any atom is 0.374 e. The molecule has 8 heteroatoms. The number of nitrogens with zero attached hydrogens (tertiary/aromatic N) is 2. The Balaban J connectivity index is 2.28. The molecule has 3 rings (SSSR count). The first kappa shape index (κ1) is 14.9. The van der Waals surface area contributed by atoms with Gasteiger partial charge in [-0.2, -0.15) is 0 Å². The number of hydrogen-bond acceptors (Lipinski definition) is 4. The van der Waals surface area contributed by atoms with Gasteiger partial charge in [0, 0.05) is 11.8 Å². The van der Waals surface area contributed by atoms with E-state index < -0.39 is 29.0 Å². The Hall–Kier alpha value is -3.03. The number of carbonyl (C=O) groups is 1. The summed E-state index contributed by atoms with van der Waals surface area (Å²) in [6.07, 6.45) is 2.35. The van der Waals surface area contributed by atoms with Gasteiger partial charge < -0.3 is 10.5 Å². The molecule has 5 nitrogen and oxygen atoms in total. The van der Waals surface area contributed by atoms with Gasteiger partial charge in [-0.05, 0) is 18.2 Å². The van der Waals surface area contributed by atoms with Crippen LogP contribution < -0.4 is 5.73 Å². The molecule has 0 fully saturated rings. The summed E-state index contributed by atoms with van der Waals surface area (Å²) < 4.78 is 48.3. The quantitative estimate of drug-likeness (QED) is 0.582. The van der Waals surface area contributed by atoms with E-state index in [1.807, 2.05) is 0 Å². The van der Waals surface area contributed by atoms with E-state index in [0.29, 0.717) is 0 Å². The second-order valence-electron chi connectivity index (χ2n) is 4.70. The van der Waals surface area contributed by atoms with E-state index in [1.54, 1.807) is 0 Å². The van der Waals surface area contributed by atoms with Gasteiger partial charge in [0.25, 0.3) is 0 Å². The number of imidazole rings is 1. The van der Waals surface area contributed by atoms with Crippen LogP contribution in [0.15, 0.2) is 30.6 Å². The first-order valence-corrected chi connectivity index (χ1v) is 6.43. The molecule has 0 bridgehead atoms. The van der Waals surface area contributed by atoms with E-state index in [4.69, 9.17) is 5.73 Å². The number of rotatable bonds is 2. The molecule has 0 unspecified atom stereocenters. The monoisotopic (exact) mass is 321 g/mol. The number of esters is 1. The Morgan fingerprint density at radius 3 is 2.65 bits per heavy atom. The summed E-state index contributed by atoms with van der Waals surface area (Å²) in [5, 5.41) is 0. The maximum absolute atomic E-state index is 14.6. The third-order valence-electron chi connectivity index (χ3n) is 3.41. The molecule has 0 aliphatic rings. The molecule has 2 aromatic heterocycles. The highest BCUT2D eigenvalue weighted by molar-refractivity contribution is 5.87. The van der Waals surface area contributed by atoms with Gasteiger partial charge in [0.15, 0.2) is 11.6 Å². The van der Waals surface area contributed by atoms with Crippen molar-refractivity contribution in [2.24, 2.45) is 0 Å². The molecular weight excluding hydrogens is 311 g/mol. The van der Waals surface area contributed by atoms with Gasteiger partial charge in [-0.25, -0.2) is 22.9 Å². The predicted molar refractivity (Wildman–Crippen MR) is 76.3 cm³/mol. The molecular formula is C15H10F3N3O2. The minimum absolute atomic E-state index is 0.121. The van der Waals surface area contributed by atoms with Gasteiger partial charge in [-0.3, -0.25) is 4.40 Å². The van der Waals surface area contributed by atoms with Crippen molar-refractivity contribution in [3.05, 3.63) is 53.9 Å². The lowest BCUT2D eigenvalue weighted by atomic mass is 10.0. The molecule has 23 heavy (non-hydrogen) atoms. The van der Waals surface area contributed by atoms with Crippen LogP contribution in [0.3, 0.4) is 0 Å². The summed E-state index contributed by atoms with van der Waals surface area (Å²) >= 11 is 0. The Bertz CT molecular complexity index is 937. The molecule has 0 saturated carbocycles. The topological polar surface area (TPSA) is 69.6 Å². The molecule has 2 N–H and O–H groups in total. The van der Waals surface area contributed by atoms with Crippen LogP contribution in [0, 0.1) is 17.5 Å². The van der Waals surface area contributed by atoms with Crippen molar-refractivity contribution in [2.45, 2.75) is 0 Å². The highest BCUT2D eigenvalue weighted by Gasteiger charge is 2.22. The fourth-order valence-electron chi connectivity index (χ4n) is 2.29. The number of aromatic nitrogens is 2.